The first-order valence-corrected chi connectivity index (χ1v) is 6.06. The molecule has 0 radical (unpaired) electrons. The summed E-state index contributed by atoms with van der Waals surface area (Å²) in [5.41, 5.74) is 11.9. The number of nitrogens with zero attached hydrogens (tertiary/aromatic N) is 2. The maximum atomic E-state index is 11.7. The van der Waals surface area contributed by atoms with Crippen molar-refractivity contribution in [3.05, 3.63) is 16.2 Å². The molecule has 0 aliphatic heterocycles. The number of rotatable bonds is 3. The number of nitrogen functional groups attached to an aromatic ring is 1. The minimum Gasteiger partial charge on any atom is -0.369 e. The normalized spacial score (nSPS) is 17.8. The molecule has 0 unspecified atom stereocenters. The Morgan fingerprint density at radius 1 is 1.28 bits per heavy atom. The van der Waals surface area contributed by atoms with Crippen LogP contribution in [0.5, 0.6) is 0 Å². The van der Waals surface area contributed by atoms with Gasteiger partial charge in [0.2, 0.25) is 5.95 Å². The Balaban J connectivity index is 1.99. The lowest BCUT2D eigenvalue weighted by Crippen LogP contribution is -2.39. The SMILES string of the molecule is NCC1(Cc2nc3nc(N)[nH]c(=O)c3[nH]2)CCC1. The van der Waals surface area contributed by atoms with Crippen LogP contribution in [0.2, 0.25) is 0 Å². The molecule has 0 aromatic carbocycles. The van der Waals surface area contributed by atoms with E-state index in [0.717, 1.165) is 25.1 Å². The van der Waals surface area contributed by atoms with E-state index in [0.29, 0.717) is 17.7 Å². The first kappa shape index (κ1) is 11.2. The zero-order valence-corrected chi connectivity index (χ0v) is 9.99. The van der Waals surface area contributed by atoms with Gasteiger partial charge in [-0.15, -0.1) is 0 Å². The van der Waals surface area contributed by atoms with E-state index < -0.39 is 0 Å². The Bertz CT molecular complexity index is 633. The van der Waals surface area contributed by atoms with Gasteiger partial charge in [-0.05, 0) is 24.8 Å². The van der Waals surface area contributed by atoms with E-state index in [1.807, 2.05) is 0 Å². The van der Waals surface area contributed by atoms with Gasteiger partial charge in [0.15, 0.2) is 11.2 Å². The Kier molecular flexibility index (Phi) is 2.37. The molecule has 0 bridgehead atoms. The molecule has 0 spiro atoms. The van der Waals surface area contributed by atoms with Crippen molar-refractivity contribution in [3.63, 3.8) is 0 Å². The Labute approximate surface area is 103 Å². The van der Waals surface area contributed by atoms with Gasteiger partial charge in [-0.3, -0.25) is 9.78 Å². The van der Waals surface area contributed by atoms with Gasteiger partial charge >= 0.3 is 0 Å². The summed E-state index contributed by atoms with van der Waals surface area (Å²) in [6.45, 7) is 0.649. The second-order valence-corrected chi connectivity index (χ2v) is 5.07. The van der Waals surface area contributed by atoms with E-state index in [4.69, 9.17) is 11.5 Å². The molecular weight excluding hydrogens is 232 g/mol. The number of hydrogen-bond donors (Lipinski definition) is 4. The molecule has 2 aromatic rings. The molecule has 2 aromatic heterocycles. The molecule has 3 rings (SSSR count). The van der Waals surface area contributed by atoms with Crippen LogP contribution in [0.3, 0.4) is 0 Å². The van der Waals surface area contributed by atoms with Crippen molar-refractivity contribution in [2.24, 2.45) is 11.1 Å². The predicted octanol–water partition coefficient (Wildman–Crippen LogP) is -0.100. The number of hydrogen-bond acceptors (Lipinski definition) is 5. The molecular formula is C11H16N6O. The molecule has 1 fully saturated rings. The molecule has 0 amide bonds. The van der Waals surface area contributed by atoms with Crippen LogP contribution in [0.15, 0.2) is 4.79 Å². The minimum atomic E-state index is -0.286. The molecule has 18 heavy (non-hydrogen) atoms. The number of H-pyrrole nitrogens is 2. The molecule has 1 aliphatic carbocycles. The second-order valence-electron chi connectivity index (χ2n) is 5.07. The minimum absolute atomic E-state index is 0.0859. The van der Waals surface area contributed by atoms with Gasteiger partial charge in [0, 0.05) is 6.42 Å². The van der Waals surface area contributed by atoms with Gasteiger partial charge in [-0.2, -0.15) is 4.98 Å². The molecule has 1 saturated carbocycles. The average Bonchev–Trinajstić information content (AvgIpc) is 2.66. The lowest BCUT2D eigenvalue weighted by Gasteiger charge is -2.40. The topological polar surface area (TPSA) is 126 Å². The van der Waals surface area contributed by atoms with Gasteiger partial charge < -0.3 is 16.5 Å². The van der Waals surface area contributed by atoms with E-state index in [2.05, 4.69) is 19.9 Å². The van der Waals surface area contributed by atoms with Crippen molar-refractivity contribution in [1.29, 1.82) is 0 Å². The molecule has 96 valence electrons. The average molecular weight is 248 g/mol. The van der Waals surface area contributed by atoms with Gasteiger partial charge in [0.25, 0.3) is 5.56 Å². The van der Waals surface area contributed by atoms with Crippen molar-refractivity contribution in [2.45, 2.75) is 25.7 Å². The highest BCUT2D eigenvalue weighted by Crippen LogP contribution is 2.42. The highest BCUT2D eigenvalue weighted by atomic mass is 16.1. The van der Waals surface area contributed by atoms with Crippen molar-refractivity contribution in [3.8, 4) is 0 Å². The molecule has 6 N–H and O–H groups in total. The van der Waals surface area contributed by atoms with Gasteiger partial charge in [0.05, 0.1) is 0 Å². The summed E-state index contributed by atoms with van der Waals surface area (Å²) in [6.07, 6.45) is 4.21. The standard InChI is InChI=1S/C11H16N6O/c12-5-11(2-1-3-11)4-6-14-7-8(15-6)16-10(13)17-9(7)18/h1-5,12H2,(H4,13,14,15,16,17,18). The quantitative estimate of drug-likeness (QED) is 0.603. The fourth-order valence-electron chi connectivity index (χ4n) is 2.54. The maximum Gasteiger partial charge on any atom is 0.278 e. The summed E-state index contributed by atoms with van der Waals surface area (Å²) < 4.78 is 0. The number of anilines is 1. The fourth-order valence-corrected chi connectivity index (χ4v) is 2.54. The summed E-state index contributed by atoms with van der Waals surface area (Å²) in [4.78, 5) is 25.5. The van der Waals surface area contributed by atoms with E-state index in [1.165, 1.54) is 6.42 Å². The third-order valence-corrected chi connectivity index (χ3v) is 3.82. The van der Waals surface area contributed by atoms with E-state index in [1.54, 1.807) is 0 Å². The molecule has 0 atom stereocenters. The smallest absolute Gasteiger partial charge is 0.278 e. The molecule has 0 saturated heterocycles. The summed E-state index contributed by atoms with van der Waals surface area (Å²) in [5.74, 6) is 0.849. The van der Waals surface area contributed by atoms with Crippen molar-refractivity contribution < 1.29 is 0 Å². The van der Waals surface area contributed by atoms with Crippen LogP contribution < -0.4 is 17.0 Å². The molecule has 7 heteroatoms. The largest absolute Gasteiger partial charge is 0.369 e. The second kappa shape index (κ2) is 3.81. The van der Waals surface area contributed by atoms with Crippen LogP contribution in [0, 0.1) is 5.41 Å². The summed E-state index contributed by atoms with van der Waals surface area (Å²) in [6, 6.07) is 0. The van der Waals surface area contributed by atoms with Crippen LogP contribution in [0.25, 0.3) is 11.2 Å². The summed E-state index contributed by atoms with van der Waals surface area (Å²) >= 11 is 0. The first-order chi connectivity index (χ1) is 8.62. The number of nitrogens with one attached hydrogen (secondary N) is 2. The third kappa shape index (κ3) is 1.67. The molecule has 2 heterocycles. The van der Waals surface area contributed by atoms with Crippen LogP contribution in [-0.4, -0.2) is 26.5 Å². The van der Waals surface area contributed by atoms with E-state index in [9.17, 15) is 4.79 Å². The van der Waals surface area contributed by atoms with Crippen molar-refractivity contribution >= 4 is 17.1 Å². The number of aromatic nitrogens is 4. The van der Waals surface area contributed by atoms with Gasteiger partial charge in [-0.25, -0.2) is 4.98 Å². The zero-order chi connectivity index (χ0) is 12.8. The lowest BCUT2D eigenvalue weighted by molar-refractivity contribution is 0.142. The number of aromatic amines is 2. The van der Waals surface area contributed by atoms with E-state index >= 15 is 0 Å². The Hall–Kier alpha value is -1.89. The number of fused-ring (bicyclic) bond motifs is 1. The number of nitrogens with two attached hydrogens (primary N) is 2. The van der Waals surface area contributed by atoms with Crippen LogP contribution in [0.1, 0.15) is 25.1 Å². The van der Waals surface area contributed by atoms with E-state index in [-0.39, 0.29) is 16.9 Å². The summed E-state index contributed by atoms with van der Waals surface area (Å²) in [7, 11) is 0. The zero-order valence-electron chi connectivity index (χ0n) is 9.99. The lowest BCUT2D eigenvalue weighted by atomic mass is 9.66. The van der Waals surface area contributed by atoms with Crippen LogP contribution in [-0.2, 0) is 6.42 Å². The first-order valence-electron chi connectivity index (χ1n) is 6.06. The van der Waals surface area contributed by atoms with Crippen molar-refractivity contribution in [1.82, 2.24) is 19.9 Å². The Morgan fingerprint density at radius 2 is 2.06 bits per heavy atom. The highest BCUT2D eigenvalue weighted by Gasteiger charge is 2.36. The molecule has 1 aliphatic rings. The third-order valence-electron chi connectivity index (χ3n) is 3.82. The maximum absolute atomic E-state index is 11.7. The fraction of sp³-hybridized carbons (Fsp3) is 0.545. The van der Waals surface area contributed by atoms with Crippen LogP contribution >= 0.6 is 0 Å². The number of imidazole rings is 1. The molecule has 7 nitrogen and oxygen atoms in total. The predicted molar refractivity (Wildman–Crippen MR) is 68.0 cm³/mol. The highest BCUT2D eigenvalue weighted by molar-refractivity contribution is 5.70. The summed E-state index contributed by atoms with van der Waals surface area (Å²) in [5, 5.41) is 0. The van der Waals surface area contributed by atoms with Crippen molar-refractivity contribution in [2.75, 3.05) is 12.3 Å². The van der Waals surface area contributed by atoms with Gasteiger partial charge in [0.1, 0.15) is 5.82 Å². The Morgan fingerprint density at radius 3 is 2.67 bits per heavy atom. The van der Waals surface area contributed by atoms with Gasteiger partial charge in [-0.1, -0.05) is 6.42 Å². The van der Waals surface area contributed by atoms with Crippen LogP contribution in [0.4, 0.5) is 5.95 Å². The monoisotopic (exact) mass is 248 g/mol.